The van der Waals surface area contributed by atoms with E-state index in [0.29, 0.717) is 34.1 Å². The number of hydrogen-bond donors (Lipinski definition) is 1. The van der Waals surface area contributed by atoms with E-state index in [4.69, 9.17) is 24.1 Å². The first-order valence-corrected chi connectivity index (χ1v) is 7.67. The molecule has 1 heterocycles. The second kappa shape index (κ2) is 7.18. The van der Waals surface area contributed by atoms with E-state index >= 15 is 0 Å². The Bertz CT molecular complexity index is 899. The number of ketones is 1. The second-order valence-electron chi connectivity index (χ2n) is 5.36. The average molecular weight is 356 g/mol. The third-order valence-electron chi connectivity index (χ3n) is 3.72. The summed E-state index contributed by atoms with van der Waals surface area (Å²) in [7, 11) is 3.04. The molecule has 0 saturated carbocycles. The minimum absolute atomic E-state index is 0.127. The van der Waals surface area contributed by atoms with E-state index in [9.17, 15) is 9.59 Å². The summed E-state index contributed by atoms with van der Waals surface area (Å²) in [6, 6.07) is 9.85. The molecule has 1 N–H and O–H groups in total. The van der Waals surface area contributed by atoms with Crippen LogP contribution in [0.4, 0.5) is 0 Å². The number of carbonyl (C=O) groups excluding carboxylic acids is 1. The van der Waals surface area contributed by atoms with Gasteiger partial charge in [0.1, 0.15) is 11.5 Å². The molecule has 7 heteroatoms. The largest absolute Gasteiger partial charge is 0.493 e. The van der Waals surface area contributed by atoms with Crippen molar-refractivity contribution in [3.05, 3.63) is 53.3 Å². The van der Waals surface area contributed by atoms with Gasteiger partial charge in [-0.3, -0.25) is 4.79 Å². The first-order valence-electron chi connectivity index (χ1n) is 7.67. The van der Waals surface area contributed by atoms with Crippen molar-refractivity contribution in [2.75, 3.05) is 20.8 Å². The highest BCUT2D eigenvalue weighted by atomic mass is 16.5. The number of Topliss-reactive ketones (excluding diaryl/α,β-unsaturated/α-hetero) is 1. The molecule has 1 aliphatic rings. The molecule has 0 aliphatic carbocycles. The molecular weight excluding hydrogens is 340 g/mol. The van der Waals surface area contributed by atoms with Gasteiger partial charge in [0, 0.05) is 11.6 Å². The number of carboxylic acid groups (broad SMARTS) is 1. The number of benzene rings is 2. The standard InChI is InChI=1S/C19H16O7/c1-23-14-5-3-4-11(19(14)24-2)8-16-18(22)13-7-6-12(9-15(13)26-16)25-10-17(20)21/h3-9H,10H2,1-2H3,(H,20,21)/b16-8-. The van der Waals surface area contributed by atoms with Crippen LogP contribution in [0.5, 0.6) is 23.0 Å². The zero-order valence-corrected chi connectivity index (χ0v) is 14.1. The minimum atomic E-state index is -1.09. The van der Waals surface area contributed by atoms with Gasteiger partial charge in [0.05, 0.1) is 19.8 Å². The number of carbonyl (C=O) groups is 2. The molecule has 26 heavy (non-hydrogen) atoms. The number of carboxylic acids is 1. The van der Waals surface area contributed by atoms with Crippen molar-refractivity contribution in [2.24, 2.45) is 0 Å². The van der Waals surface area contributed by atoms with Crippen molar-refractivity contribution in [2.45, 2.75) is 0 Å². The van der Waals surface area contributed by atoms with Crippen molar-refractivity contribution < 1.29 is 33.6 Å². The summed E-state index contributed by atoms with van der Waals surface area (Å²) < 4.78 is 21.3. The maximum atomic E-state index is 12.5. The van der Waals surface area contributed by atoms with Crippen LogP contribution in [0, 0.1) is 0 Å². The van der Waals surface area contributed by atoms with Gasteiger partial charge in [-0.15, -0.1) is 0 Å². The molecule has 3 rings (SSSR count). The SMILES string of the molecule is COc1cccc(/C=C2\Oc3cc(OCC(=O)O)ccc3C2=O)c1OC. The van der Waals surface area contributed by atoms with Gasteiger partial charge in [-0.25, -0.2) is 4.79 Å². The Morgan fingerprint density at radius 3 is 2.69 bits per heavy atom. The fourth-order valence-electron chi connectivity index (χ4n) is 2.57. The lowest BCUT2D eigenvalue weighted by Crippen LogP contribution is -2.09. The number of hydrogen-bond acceptors (Lipinski definition) is 6. The number of aliphatic carboxylic acids is 1. The topological polar surface area (TPSA) is 91.3 Å². The molecule has 0 fully saturated rings. The van der Waals surface area contributed by atoms with Crippen LogP contribution in [0.25, 0.3) is 6.08 Å². The number of methoxy groups -OCH3 is 2. The Morgan fingerprint density at radius 1 is 1.19 bits per heavy atom. The van der Waals surface area contributed by atoms with E-state index in [1.807, 2.05) is 0 Å². The highest BCUT2D eigenvalue weighted by molar-refractivity contribution is 6.14. The Labute approximate surface area is 149 Å². The molecule has 0 unspecified atom stereocenters. The van der Waals surface area contributed by atoms with Crippen molar-refractivity contribution in [1.82, 2.24) is 0 Å². The van der Waals surface area contributed by atoms with Crippen LogP contribution >= 0.6 is 0 Å². The first kappa shape index (κ1) is 17.3. The van der Waals surface area contributed by atoms with Gasteiger partial charge in [-0.05, 0) is 24.3 Å². The molecule has 1 aliphatic heterocycles. The van der Waals surface area contributed by atoms with Gasteiger partial charge in [0.25, 0.3) is 0 Å². The van der Waals surface area contributed by atoms with Crippen LogP contribution in [0.2, 0.25) is 0 Å². The summed E-state index contributed by atoms with van der Waals surface area (Å²) in [5.41, 5.74) is 1.01. The molecule has 2 aromatic carbocycles. The fraction of sp³-hybridized carbons (Fsp3) is 0.158. The van der Waals surface area contributed by atoms with Crippen LogP contribution in [0.1, 0.15) is 15.9 Å². The summed E-state index contributed by atoms with van der Waals surface area (Å²) in [5, 5.41) is 8.67. The smallest absolute Gasteiger partial charge is 0.341 e. The lowest BCUT2D eigenvalue weighted by Gasteiger charge is -2.10. The zero-order chi connectivity index (χ0) is 18.7. The molecule has 7 nitrogen and oxygen atoms in total. The monoisotopic (exact) mass is 356 g/mol. The van der Waals surface area contributed by atoms with Crippen molar-refractivity contribution >= 4 is 17.8 Å². The zero-order valence-electron chi connectivity index (χ0n) is 14.1. The van der Waals surface area contributed by atoms with Gasteiger partial charge in [0.2, 0.25) is 5.78 Å². The molecule has 0 spiro atoms. The van der Waals surface area contributed by atoms with Gasteiger partial charge in [-0.1, -0.05) is 12.1 Å². The Kier molecular flexibility index (Phi) is 4.79. The lowest BCUT2D eigenvalue weighted by molar-refractivity contribution is -0.139. The molecule has 2 aromatic rings. The normalized spacial score (nSPS) is 13.9. The maximum absolute atomic E-state index is 12.5. The minimum Gasteiger partial charge on any atom is -0.493 e. The van der Waals surface area contributed by atoms with Gasteiger partial charge in [-0.2, -0.15) is 0 Å². The van der Waals surface area contributed by atoms with E-state index < -0.39 is 12.6 Å². The van der Waals surface area contributed by atoms with Crippen molar-refractivity contribution in [3.8, 4) is 23.0 Å². The Hall–Kier alpha value is -3.48. The van der Waals surface area contributed by atoms with Crippen LogP contribution in [0.3, 0.4) is 0 Å². The van der Waals surface area contributed by atoms with E-state index in [1.54, 1.807) is 30.3 Å². The third kappa shape index (κ3) is 3.32. The molecule has 0 saturated heterocycles. The summed E-state index contributed by atoms with van der Waals surface area (Å²) in [6.45, 7) is -0.476. The van der Waals surface area contributed by atoms with E-state index in [0.717, 1.165) is 0 Å². The van der Waals surface area contributed by atoms with E-state index in [2.05, 4.69) is 0 Å². The quantitative estimate of drug-likeness (QED) is 0.796. The van der Waals surface area contributed by atoms with E-state index in [-0.39, 0.29) is 11.5 Å². The predicted molar refractivity (Wildman–Crippen MR) is 92.1 cm³/mol. The van der Waals surface area contributed by atoms with Gasteiger partial charge in [0.15, 0.2) is 23.9 Å². The third-order valence-corrected chi connectivity index (χ3v) is 3.72. The Morgan fingerprint density at radius 2 is 2.00 bits per heavy atom. The first-order chi connectivity index (χ1) is 12.5. The van der Waals surface area contributed by atoms with E-state index in [1.165, 1.54) is 26.4 Å². The number of para-hydroxylation sites is 1. The van der Waals surface area contributed by atoms with Crippen LogP contribution in [-0.4, -0.2) is 37.7 Å². The summed E-state index contributed by atoms with van der Waals surface area (Å²) in [6.07, 6.45) is 1.57. The molecule has 0 bridgehead atoms. The fourth-order valence-corrected chi connectivity index (χ4v) is 2.57. The molecule has 134 valence electrons. The van der Waals surface area contributed by atoms with Gasteiger partial charge < -0.3 is 24.1 Å². The van der Waals surface area contributed by atoms with Crippen LogP contribution in [0.15, 0.2) is 42.2 Å². The van der Waals surface area contributed by atoms with Gasteiger partial charge >= 0.3 is 5.97 Å². The molecule has 0 aromatic heterocycles. The predicted octanol–water partition coefficient (Wildman–Crippen LogP) is 2.78. The summed E-state index contributed by atoms with van der Waals surface area (Å²) in [5.74, 6) is 0.393. The molecule has 0 amide bonds. The summed E-state index contributed by atoms with van der Waals surface area (Å²) >= 11 is 0. The lowest BCUT2D eigenvalue weighted by atomic mass is 10.1. The van der Waals surface area contributed by atoms with Crippen molar-refractivity contribution in [1.29, 1.82) is 0 Å². The number of ether oxygens (including phenoxy) is 4. The van der Waals surface area contributed by atoms with Crippen LogP contribution in [-0.2, 0) is 4.79 Å². The van der Waals surface area contributed by atoms with Crippen LogP contribution < -0.4 is 18.9 Å². The number of allylic oxidation sites excluding steroid dienone is 1. The highest BCUT2D eigenvalue weighted by Crippen LogP contribution is 2.37. The Balaban J connectivity index is 1.90. The number of rotatable bonds is 6. The molecular formula is C19H16O7. The second-order valence-corrected chi connectivity index (χ2v) is 5.36. The van der Waals surface area contributed by atoms with Crippen molar-refractivity contribution in [3.63, 3.8) is 0 Å². The highest BCUT2D eigenvalue weighted by Gasteiger charge is 2.28. The molecule has 0 atom stereocenters. The maximum Gasteiger partial charge on any atom is 0.341 e. The number of fused-ring (bicyclic) bond motifs is 1. The molecule has 0 radical (unpaired) electrons. The average Bonchev–Trinajstić information content (AvgIpc) is 2.94. The summed E-state index contributed by atoms with van der Waals surface area (Å²) in [4.78, 5) is 23.1.